The van der Waals surface area contributed by atoms with Gasteiger partial charge in [0.05, 0.1) is 4.90 Å². The molecule has 0 radical (unpaired) electrons. The maximum absolute atomic E-state index is 12.3. The van der Waals surface area contributed by atoms with Gasteiger partial charge >= 0.3 is 18.9 Å². The van der Waals surface area contributed by atoms with Gasteiger partial charge in [0.2, 0.25) is 9.84 Å². The van der Waals surface area contributed by atoms with Crippen LogP contribution < -0.4 is 18.9 Å². The van der Waals surface area contributed by atoms with E-state index in [1.54, 1.807) is 24.3 Å². The summed E-state index contributed by atoms with van der Waals surface area (Å²) in [5.41, 5.74) is 0.963. The van der Waals surface area contributed by atoms with Crippen LogP contribution in [-0.2, 0) is 9.84 Å². The second-order valence-electron chi connectivity index (χ2n) is 7.19. The van der Waals surface area contributed by atoms with Crippen molar-refractivity contribution in [2.24, 2.45) is 0 Å². The summed E-state index contributed by atoms with van der Waals surface area (Å²) < 4.78 is 24.5. The summed E-state index contributed by atoms with van der Waals surface area (Å²) in [4.78, 5) is 2.70. The average Bonchev–Trinajstić information content (AvgIpc) is 2.76. The smallest absolute Gasteiger partial charge is 0.508 e. The maximum Gasteiger partial charge on any atom is 1.00 e. The molecule has 0 amide bonds. The molecule has 0 heterocycles. The van der Waals surface area contributed by atoms with Crippen molar-refractivity contribution >= 4 is 9.84 Å². The predicted octanol–water partition coefficient (Wildman–Crippen LogP) is 2.09. The Balaban J connectivity index is 0.000000324. The van der Waals surface area contributed by atoms with E-state index in [9.17, 15) is 13.5 Å². The second-order valence-corrected chi connectivity index (χ2v) is 9.14. The van der Waals surface area contributed by atoms with Crippen LogP contribution in [0.5, 0.6) is 5.75 Å². The van der Waals surface area contributed by atoms with Gasteiger partial charge in [-0.15, -0.1) is 13.1 Å². The van der Waals surface area contributed by atoms with E-state index < -0.39 is 9.84 Å². The van der Waals surface area contributed by atoms with Crippen molar-refractivity contribution in [3.63, 3.8) is 0 Å². The average molecular weight is 422 g/mol. The van der Waals surface area contributed by atoms with Gasteiger partial charge in [0.25, 0.3) is 0 Å². The Bertz CT molecular complexity index is 843. The van der Waals surface area contributed by atoms with E-state index in [0.717, 1.165) is 24.7 Å². The molecule has 1 saturated carbocycles. The van der Waals surface area contributed by atoms with Crippen molar-refractivity contribution < 1.29 is 32.4 Å². The van der Waals surface area contributed by atoms with Gasteiger partial charge in [-0.25, -0.2) is 8.42 Å². The standard InChI is InChI=1S/C14H13O3S.C10H19N.Li/c1-2-11-6-8-13(9-7-11)18(16,17)14-5-3-4-12(15)10-14;1-3-11(4-2)10-8-6-5-7-9-10;/h2-10,15H,1H3;10H,1-9H2;/q-1;-2;+1. The Morgan fingerprint density at radius 2 is 1.60 bits per heavy atom. The third-order valence-corrected chi connectivity index (χ3v) is 7.08. The minimum absolute atomic E-state index is 0. The molecule has 30 heavy (non-hydrogen) atoms. The van der Waals surface area contributed by atoms with E-state index >= 15 is 0 Å². The molecule has 0 bridgehead atoms. The SMILES string of the molecule is C[CH-]c1ccc(S(=O)(=O)c2cccc(O)c2)cc1.[CH2-]CN(C[CH2-])C1CCCCC1.[Li+]. The van der Waals surface area contributed by atoms with Gasteiger partial charge in [-0.2, -0.15) is 24.1 Å². The Morgan fingerprint density at radius 3 is 2.10 bits per heavy atom. The minimum atomic E-state index is -3.56. The summed E-state index contributed by atoms with van der Waals surface area (Å²) in [6, 6.07) is 13.1. The molecule has 1 aliphatic rings. The fraction of sp³-hybridized carbons (Fsp3) is 0.375. The van der Waals surface area contributed by atoms with Crippen LogP contribution in [0.4, 0.5) is 0 Å². The van der Waals surface area contributed by atoms with Gasteiger partial charge in [0.1, 0.15) is 5.75 Å². The van der Waals surface area contributed by atoms with Gasteiger partial charge < -0.3 is 23.9 Å². The van der Waals surface area contributed by atoms with Crippen LogP contribution in [0.25, 0.3) is 0 Å². The number of phenolic OH excluding ortho intramolecular Hbond substituents is 1. The normalized spacial score (nSPS) is 14.4. The summed E-state index contributed by atoms with van der Waals surface area (Å²) in [5.74, 6) is -0.0606. The molecule has 0 aliphatic heterocycles. The molecule has 6 heteroatoms. The Kier molecular flexibility index (Phi) is 11.7. The molecule has 3 rings (SSSR count). The first-order chi connectivity index (χ1) is 13.9. The first-order valence-electron chi connectivity index (χ1n) is 10.2. The molecule has 0 aromatic heterocycles. The van der Waals surface area contributed by atoms with Crippen LogP contribution in [0.2, 0.25) is 0 Å². The van der Waals surface area contributed by atoms with Crippen molar-refractivity contribution in [1.29, 1.82) is 0 Å². The molecule has 160 valence electrons. The van der Waals surface area contributed by atoms with Crippen LogP contribution in [0, 0.1) is 20.3 Å². The molecule has 4 nitrogen and oxygen atoms in total. The quantitative estimate of drug-likeness (QED) is 0.573. The molecule has 0 saturated heterocycles. The van der Waals surface area contributed by atoms with Gasteiger partial charge in [0.15, 0.2) is 0 Å². The molecule has 2 aromatic rings. The number of phenols is 1. The molecule has 1 fully saturated rings. The summed E-state index contributed by atoms with van der Waals surface area (Å²) >= 11 is 0. The number of hydrogen-bond acceptors (Lipinski definition) is 4. The molecule has 0 unspecified atom stereocenters. The van der Waals surface area contributed by atoms with Crippen molar-refractivity contribution in [1.82, 2.24) is 4.90 Å². The van der Waals surface area contributed by atoms with Crippen molar-refractivity contribution in [3.8, 4) is 5.75 Å². The van der Waals surface area contributed by atoms with Crippen molar-refractivity contribution in [2.75, 3.05) is 13.1 Å². The number of hydrogen-bond donors (Lipinski definition) is 1. The number of nitrogens with zero attached hydrogens (tertiary/aromatic N) is 1. The van der Waals surface area contributed by atoms with Gasteiger partial charge in [-0.1, -0.05) is 44.4 Å². The fourth-order valence-electron chi connectivity index (χ4n) is 3.55. The number of benzene rings is 2. The van der Waals surface area contributed by atoms with E-state index in [1.165, 1.54) is 56.4 Å². The molecular weight excluding hydrogens is 389 g/mol. The largest absolute Gasteiger partial charge is 1.00 e. The van der Waals surface area contributed by atoms with Gasteiger partial charge in [-0.3, -0.25) is 0 Å². The van der Waals surface area contributed by atoms with E-state index in [4.69, 9.17) is 0 Å². The van der Waals surface area contributed by atoms with Crippen molar-refractivity contribution in [2.45, 2.75) is 54.9 Å². The second kappa shape index (κ2) is 13.1. The summed E-state index contributed by atoms with van der Waals surface area (Å²) in [6.07, 6.45) is 8.86. The van der Waals surface area contributed by atoms with Gasteiger partial charge in [-0.05, 0) is 31.0 Å². The minimum Gasteiger partial charge on any atom is -0.508 e. The Labute approximate surface area is 194 Å². The first kappa shape index (κ1) is 26.7. The first-order valence-corrected chi connectivity index (χ1v) is 11.7. The molecule has 0 spiro atoms. The zero-order chi connectivity index (χ0) is 21.3. The van der Waals surface area contributed by atoms with Crippen LogP contribution in [0.3, 0.4) is 0 Å². The van der Waals surface area contributed by atoms with Crippen LogP contribution >= 0.6 is 0 Å². The Hall–Kier alpha value is -1.38. The molecule has 0 atom stereocenters. The van der Waals surface area contributed by atoms with Crippen molar-refractivity contribution in [3.05, 3.63) is 74.4 Å². The van der Waals surface area contributed by atoms with E-state index in [1.807, 2.05) is 13.3 Å². The molecule has 2 aromatic carbocycles. The van der Waals surface area contributed by atoms with E-state index in [2.05, 4.69) is 18.7 Å². The molecule has 1 aliphatic carbocycles. The maximum atomic E-state index is 12.3. The predicted molar refractivity (Wildman–Crippen MR) is 118 cm³/mol. The summed E-state index contributed by atoms with van der Waals surface area (Å²) in [7, 11) is -3.56. The number of rotatable bonds is 6. The topological polar surface area (TPSA) is 57.6 Å². The van der Waals surface area contributed by atoms with E-state index in [0.29, 0.717) is 0 Å². The monoisotopic (exact) mass is 421 g/mol. The third-order valence-electron chi connectivity index (χ3n) is 5.32. The fourth-order valence-corrected chi connectivity index (χ4v) is 4.85. The number of aromatic hydroxyl groups is 1. The van der Waals surface area contributed by atoms with Crippen LogP contribution in [0.15, 0.2) is 58.3 Å². The third kappa shape index (κ3) is 7.39. The van der Waals surface area contributed by atoms with E-state index in [-0.39, 0.29) is 34.4 Å². The molecular formula is C24H32LiNO3S-2. The number of sulfone groups is 1. The Morgan fingerprint density at radius 1 is 1.00 bits per heavy atom. The zero-order valence-corrected chi connectivity index (χ0v) is 19.1. The summed E-state index contributed by atoms with van der Waals surface area (Å²) in [6.45, 7) is 11.6. The van der Waals surface area contributed by atoms with Crippen LogP contribution in [0.1, 0.15) is 44.6 Å². The zero-order valence-electron chi connectivity index (χ0n) is 18.3. The summed E-state index contributed by atoms with van der Waals surface area (Å²) in [5, 5.41) is 9.34. The van der Waals surface area contributed by atoms with Crippen LogP contribution in [-0.4, -0.2) is 37.6 Å². The van der Waals surface area contributed by atoms with Gasteiger partial charge in [0, 0.05) is 10.9 Å². The molecule has 1 N–H and O–H groups in total.